The van der Waals surface area contributed by atoms with Crippen LogP contribution in [0.4, 0.5) is 10.1 Å². The summed E-state index contributed by atoms with van der Waals surface area (Å²) in [5.41, 5.74) is 1.54. The average molecular weight is 248 g/mol. The van der Waals surface area contributed by atoms with E-state index < -0.39 is 5.82 Å². The van der Waals surface area contributed by atoms with Gasteiger partial charge in [0.2, 0.25) is 5.88 Å². The van der Waals surface area contributed by atoms with Gasteiger partial charge in [-0.3, -0.25) is 4.98 Å². The quantitative estimate of drug-likeness (QED) is 0.853. The Balaban J connectivity index is 2.09. The molecule has 0 radical (unpaired) electrons. The highest BCUT2D eigenvalue weighted by molar-refractivity contribution is 5.88. The summed E-state index contributed by atoms with van der Waals surface area (Å²) in [6.07, 6.45) is 1.21. The van der Waals surface area contributed by atoms with E-state index in [0.717, 1.165) is 13.1 Å². The van der Waals surface area contributed by atoms with Gasteiger partial charge < -0.3 is 15.4 Å². The zero-order valence-electron chi connectivity index (χ0n) is 9.90. The largest absolute Gasteiger partial charge is 0.481 e. The predicted octanol–water partition coefficient (Wildman–Crippen LogP) is 1.16. The van der Waals surface area contributed by atoms with Crippen molar-refractivity contribution in [2.45, 2.75) is 6.04 Å². The summed E-state index contributed by atoms with van der Waals surface area (Å²) in [7, 11) is 1.53. The van der Waals surface area contributed by atoms with E-state index in [-0.39, 0.29) is 6.04 Å². The second kappa shape index (κ2) is 4.38. The second-order valence-electron chi connectivity index (χ2n) is 4.20. The van der Waals surface area contributed by atoms with Crippen molar-refractivity contribution in [3.05, 3.63) is 24.1 Å². The fourth-order valence-electron chi connectivity index (χ4n) is 1.87. The Morgan fingerprint density at radius 3 is 2.94 bits per heavy atom. The van der Waals surface area contributed by atoms with Crippen molar-refractivity contribution in [2.75, 3.05) is 25.5 Å². The lowest BCUT2D eigenvalue weighted by Gasteiger charge is -2.29. The molecule has 1 fully saturated rings. The summed E-state index contributed by atoms with van der Waals surface area (Å²) in [4.78, 5) is 8.28. The van der Waals surface area contributed by atoms with Gasteiger partial charge in [-0.25, -0.2) is 9.37 Å². The van der Waals surface area contributed by atoms with E-state index >= 15 is 0 Å². The maximum absolute atomic E-state index is 13.8. The molecule has 6 heteroatoms. The van der Waals surface area contributed by atoms with Crippen LogP contribution in [0.15, 0.2) is 18.3 Å². The monoisotopic (exact) mass is 248 g/mol. The first kappa shape index (κ1) is 11.2. The van der Waals surface area contributed by atoms with E-state index in [1.165, 1.54) is 13.3 Å². The lowest BCUT2D eigenvalue weighted by molar-refractivity contribution is 0.399. The van der Waals surface area contributed by atoms with E-state index in [1.54, 1.807) is 12.1 Å². The summed E-state index contributed by atoms with van der Waals surface area (Å²) in [6, 6.07) is 3.71. The Labute approximate surface area is 103 Å². The summed E-state index contributed by atoms with van der Waals surface area (Å²) in [5, 5.41) is 6.27. The summed E-state index contributed by atoms with van der Waals surface area (Å²) < 4.78 is 18.9. The second-order valence-corrected chi connectivity index (χ2v) is 4.20. The van der Waals surface area contributed by atoms with Crippen molar-refractivity contribution in [3.63, 3.8) is 0 Å². The number of nitrogens with zero attached hydrogens (tertiary/aromatic N) is 2. The zero-order valence-corrected chi connectivity index (χ0v) is 9.90. The van der Waals surface area contributed by atoms with Gasteiger partial charge in [0.1, 0.15) is 11.2 Å². The van der Waals surface area contributed by atoms with Gasteiger partial charge in [0.15, 0.2) is 5.82 Å². The smallest absolute Gasteiger partial charge is 0.213 e. The highest BCUT2D eigenvalue weighted by Gasteiger charge is 2.20. The molecule has 0 spiro atoms. The summed E-state index contributed by atoms with van der Waals surface area (Å²) >= 11 is 0. The molecular formula is C12H13FN4O. The number of nitrogens with one attached hydrogen (secondary N) is 2. The van der Waals surface area contributed by atoms with Crippen LogP contribution < -0.4 is 15.4 Å². The van der Waals surface area contributed by atoms with Crippen LogP contribution in [0.2, 0.25) is 0 Å². The van der Waals surface area contributed by atoms with E-state index in [0.29, 0.717) is 22.6 Å². The lowest BCUT2D eigenvalue weighted by Crippen LogP contribution is -2.51. The number of rotatable bonds is 3. The number of hydrogen-bond donors (Lipinski definition) is 2. The van der Waals surface area contributed by atoms with Crippen molar-refractivity contribution < 1.29 is 9.13 Å². The third kappa shape index (κ3) is 1.84. The van der Waals surface area contributed by atoms with Gasteiger partial charge in [-0.05, 0) is 6.07 Å². The van der Waals surface area contributed by atoms with Crippen LogP contribution in [-0.2, 0) is 0 Å². The highest BCUT2D eigenvalue weighted by atomic mass is 19.1. The van der Waals surface area contributed by atoms with Gasteiger partial charge in [0.05, 0.1) is 24.9 Å². The highest BCUT2D eigenvalue weighted by Crippen LogP contribution is 2.26. The number of pyridine rings is 2. The SMILES string of the molecule is COc1ccc2ncc(F)c(NC3CNC3)c2n1. The minimum absolute atomic E-state index is 0.234. The predicted molar refractivity (Wildman–Crippen MR) is 66.3 cm³/mol. The molecule has 3 rings (SSSR count). The minimum atomic E-state index is -0.393. The molecule has 2 aromatic rings. The number of halogens is 1. The first-order valence-electron chi connectivity index (χ1n) is 5.74. The Morgan fingerprint density at radius 2 is 2.28 bits per heavy atom. The molecule has 1 aliphatic rings. The molecule has 2 aromatic heterocycles. The van der Waals surface area contributed by atoms with Crippen LogP contribution in [0.25, 0.3) is 11.0 Å². The van der Waals surface area contributed by atoms with E-state index in [4.69, 9.17) is 4.74 Å². The van der Waals surface area contributed by atoms with Crippen LogP contribution in [0.5, 0.6) is 5.88 Å². The Bertz CT molecular complexity index is 586. The van der Waals surface area contributed by atoms with Crippen molar-refractivity contribution in [1.29, 1.82) is 0 Å². The lowest BCUT2D eigenvalue weighted by atomic mass is 10.1. The van der Waals surface area contributed by atoms with Crippen LogP contribution in [0.3, 0.4) is 0 Å². The molecule has 18 heavy (non-hydrogen) atoms. The molecule has 3 heterocycles. The van der Waals surface area contributed by atoms with Crippen LogP contribution in [0.1, 0.15) is 0 Å². The molecule has 2 N–H and O–H groups in total. The molecule has 0 unspecified atom stereocenters. The normalized spacial score (nSPS) is 15.4. The molecule has 0 bridgehead atoms. The maximum atomic E-state index is 13.8. The topological polar surface area (TPSA) is 59.1 Å². The molecule has 0 amide bonds. The minimum Gasteiger partial charge on any atom is -0.481 e. The third-order valence-electron chi connectivity index (χ3n) is 2.98. The van der Waals surface area contributed by atoms with Gasteiger partial charge in [-0.15, -0.1) is 0 Å². The van der Waals surface area contributed by atoms with E-state index in [2.05, 4.69) is 20.6 Å². The van der Waals surface area contributed by atoms with Gasteiger partial charge >= 0.3 is 0 Å². The molecule has 0 aliphatic carbocycles. The first-order chi connectivity index (χ1) is 8.78. The number of methoxy groups -OCH3 is 1. The van der Waals surface area contributed by atoms with Gasteiger partial charge in [0, 0.05) is 19.2 Å². The van der Waals surface area contributed by atoms with Gasteiger partial charge in [-0.2, -0.15) is 0 Å². The molecule has 0 aromatic carbocycles. The van der Waals surface area contributed by atoms with Gasteiger partial charge in [0.25, 0.3) is 0 Å². The molecule has 1 aliphatic heterocycles. The number of fused-ring (bicyclic) bond motifs is 1. The number of aromatic nitrogens is 2. The first-order valence-corrected chi connectivity index (χ1v) is 5.74. The molecule has 0 saturated carbocycles. The Kier molecular flexibility index (Phi) is 2.71. The third-order valence-corrected chi connectivity index (χ3v) is 2.98. The maximum Gasteiger partial charge on any atom is 0.213 e. The van der Waals surface area contributed by atoms with Crippen LogP contribution in [-0.4, -0.2) is 36.2 Å². The molecule has 1 saturated heterocycles. The molecular weight excluding hydrogens is 235 g/mol. The van der Waals surface area contributed by atoms with Crippen molar-refractivity contribution >= 4 is 16.7 Å². The standard InChI is InChI=1S/C12H13FN4O/c1-18-10-3-2-9-12(17-10)11(8(13)6-15-9)16-7-4-14-5-7/h2-3,6-7,14H,4-5H2,1H3,(H,15,16). The molecule has 94 valence electrons. The number of ether oxygens (including phenoxy) is 1. The Morgan fingerprint density at radius 1 is 1.44 bits per heavy atom. The van der Waals surface area contributed by atoms with Crippen molar-refractivity contribution in [1.82, 2.24) is 15.3 Å². The average Bonchev–Trinajstić information content (AvgIpc) is 2.35. The summed E-state index contributed by atoms with van der Waals surface area (Å²) in [6.45, 7) is 1.65. The van der Waals surface area contributed by atoms with Gasteiger partial charge in [-0.1, -0.05) is 0 Å². The van der Waals surface area contributed by atoms with E-state index in [9.17, 15) is 4.39 Å². The van der Waals surface area contributed by atoms with Crippen LogP contribution in [0, 0.1) is 5.82 Å². The van der Waals surface area contributed by atoms with Crippen molar-refractivity contribution in [2.24, 2.45) is 0 Å². The van der Waals surface area contributed by atoms with Crippen molar-refractivity contribution in [3.8, 4) is 5.88 Å². The summed E-state index contributed by atoms with van der Waals surface area (Å²) in [5.74, 6) is 0.0554. The fraction of sp³-hybridized carbons (Fsp3) is 0.333. The molecule has 0 atom stereocenters. The number of anilines is 1. The molecule has 5 nitrogen and oxygen atoms in total. The zero-order chi connectivity index (χ0) is 12.5. The van der Waals surface area contributed by atoms with Crippen LogP contribution >= 0.6 is 0 Å². The Hall–Kier alpha value is -1.95. The van der Waals surface area contributed by atoms with E-state index in [1.807, 2.05) is 0 Å². The number of hydrogen-bond acceptors (Lipinski definition) is 5. The fourth-order valence-corrected chi connectivity index (χ4v) is 1.87.